The van der Waals surface area contributed by atoms with Gasteiger partial charge in [-0.3, -0.25) is 9.78 Å². The second-order valence-electron chi connectivity index (χ2n) is 5.05. The normalized spacial score (nSPS) is 22.8. The summed E-state index contributed by atoms with van der Waals surface area (Å²) >= 11 is 0. The predicted octanol–water partition coefficient (Wildman–Crippen LogP) is 1.99. The number of carbonyl (C=O) groups is 1. The summed E-state index contributed by atoms with van der Waals surface area (Å²) in [7, 11) is 3.47. The fraction of sp³-hybridized carbons (Fsp3) is 0.538. The van der Waals surface area contributed by atoms with E-state index in [4.69, 9.17) is 0 Å². The molecule has 1 aromatic rings. The van der Waals surface area contributed by atoms with Crippen LogP contribution in [0, 0.1) is 5.92 Å². The number of nitrogens with one attached hydrogen (secondary N) is 1. The molecule has 92 valence electrons. The molecule has 1 amide bonds. The molecular weight excluding hydrogens is 214 g/mol. The van der Waals surface area contributed by atoms with Crippen LogP contribution >= 0.6 is 0 Å². The highest BCUT2D eigenvalue weighted by Gasteiger charge is 2.25. The number of carbonyl (C=O) groups excluding carboxylic acids is 1. The van der Waals surface area contributed by atoms with Gasteiger partial charge in [0, 0.05) is 32.0 Å². The molecule has 0 unspecified atom stereocenters. The Morgan fingerprint density at radius 3 is 2.76 bits per heavy atom. The molecule has 0 aliphatic heterocycles. The maximum absolute atomic E-state index is 11.8. The van der Waals surface area contributed by atoms with Gasteiger partial charge in [-0.15, -0.1) is 0 Å². The molecule has 1 fully saturated rings. The van der Waals surface area contributed by atoms with Crippen LogP contribution in [0.1, 0.15) is 30.3 Å². The Morgan fingerprint density at radius 2 is 2.18 bits per heavy atom. The highest BCUT2D eigenvalue weighted by molar-refractivity contribution is 5.92. The summed E-state index contributed by atoms with van der Waals surface area (Å²) in [6.45, 7) is 2.26. The minimum Gasteiger partial charge on any atom is -0.382 e. The third-order valence-corrected chi connectivity index (χ3v) is 3.13. The molecule has 0 radical (unpaired) electrons. The van der Waals surface area contributed by atoms with Crippen molar-refractivity contribution in [3.63, 3.8) is 0 Å². The van der Waals surface area contributed by atoms with Gasteiger partial charge in [-0.25, -0.2) is 0 Å². The van der Waals surface area contributed by atoms with Crippen molar-refractivity contribution in [1.82, 2.24) is 9.88 Å². The molecule has 4 nitrogen and oxygen atoms in total. The quantitative estimate of drug-likeness (QED) is 0.868. The van der Waals surface area contributed by atoms with Crippen LogP contribution in [-0.2, 0) is 0 Å². The Morgan fingerprint density at radius 1 is 1.47 bits per heavy atom. The predicted molar refractivity (Wildman–Crippen MR) is 68.1 cm³/mol. The average molecular weight is 233 g/mol. The zero-order chi connectivity index (χ0) is 12.4. The third kappa shape index (κ3) is 2.75. The number of pyridine rings is 1. The van der Waals surface area contributed by atoms with Gasteiger partial charge in [0.1, 0.15) is 5.69 Å². The lowest BCUT2D eigenvalue weighted by Crippen LogP contribution is -2.33. The monoisotopic (exact) mass is 233 g/mol. The molecule has 0 atom stereocenters. The largest absolute Gasteiger partial charge is 0.382 e. The van der Waals surface area contributed by atoms with Crippen LogP contribution in [0.5, 0.6) is 0 Å². The first kappa shape index (κ1) is 11.9. The maximum atomic E-state index is 11.8. The second kappa shape index (κ2) is 4.73. The molecule has 0 bridgehead atoms. The van der Waals surface area contributed by atoms with E-state index in [1.54, 1.807) is 20.3 Å². The molecule has 17 heavy (non-hydrogen) atoms. The number of anilines is 1. The molecule has 1 heterocycles. The van der Waals surface area contributed by atoms with Crippen molar-refractivity contribution in [1.29, 1.82) is 0 Å². The molecule has 4 heteroatoms. The molecule has 1 aromatic heterocycles. The van der Waals surface area contributed by atoms with Crippen LogP contribution in [0.2, 0.25) is 0 Å². The van der Waals surface area contributed by atoms with Crippen molar-refractivity contribution in [2.45, 2.75) is 25.8 Å². The molecule has 0 saturated heterocycles. The molecule has 0 aromatic carbocycles. The summed E-state index contributed by atoms with van der Waals surface area (Å²) in [5, 5.41) is 3.43. The van der Waals surface area contributed by atoms with E-state index in [-0.39, 0.29) is 5.91 Å². The van der Waals surface area contributed by atoms with Gasteiger partial charge in [0.05, 0.1) is 0 Å². The first-order chi connectivity index (χ1) is 8.06. The zero-order valence-corrected chi connectivity index (χ0v) is 10.6. The lowest BCUT2D eigenvalue weighted by Gasteiger charge is -2.34. The van der Waals surface area contributed by atoms with Crippen molar-refractivity contribution >= 4 is 11.6 Å². The lowest BCUT2D eigenvalue weighted by molar-refractivity contribution is 0.0822. The van der Waals surface area contributed by atoms with Crippen LogP contribution in [0.3, 0.4) is 0 Å². The van der Waals surface area contributed by atoms with Gasteiger partial charge in [0.15, 0.2) is 0 Å². The van der Waals surface area contributed by atoms with E-state index in [1.165, 1.54) is 17.7 Å². The first-order valence-electron chi connectivity index (χ1n) is 6.00. The van der Waals surface area contributed by atoms with Crippen molar-refractivity contribution < 1.29 is 4.79 Å². The number of rotatable bonds is 3. The van der Waals surface area contributed by atoms with Gasteiger partial charge in [0.25, 0.3) is 5.91 Å². The number of amides is 1. The van der Waals surface area contributed by atoms with Gasteiger partial charge < -0.3 is 10.2 Å². The minimum atomic E-state index is -0.0596. The summed E-state index contributed by atoms with van der Waals surface area (Å²) in [5.74, 6) is 0.757. The van der Waals surface area contributed by atoms with E-state index in [0.717, 1.165) is 11.6 Å². The molecule has 1 N–H and O–H groups in total. The smallest absolute Gasteiger partial charge is 0.272 e. The topological polar surface area (TPSA) is 45.2 Å². The van der Waals surface area contributed by atoms with E-state index >= 15 is 0 Å². The van der Waals surface area contributed by atoms with Gasteiger partial charge >= 0.3 is 0 Å². The van der Waals surface area contributed by atoms with E-state index in [2.05, 4.69) is 17.2 Å². The molecule has 1 aliphatic carbocycles. The van der Waals surface area contributed by atoms with Crippen LogP contribution in [-0.4, -0.2) is 35.9 Å². The second-order valence-corrected chi connectivity index (χ2v) is 5.05. The van der Waals surface area contributed by atoms with E-state index in [0.29, 0.717) is 11.7 Å². The van der Waals surface area contributed by atoms with Crippen LogP contribution in [0.4, 0.5) is 5.69 Å². The van der Waals surface area contributed by atoms with Crippen LogP contribution in [0.15, 0.2) is 18.3 Å². The Kier molecular flexibility index (Phi) is 3.31. The highest BCUT2D eigenvalue weighted by Crippen LogP contribution is 2.29. The summed E-state index contributed by atoms with van der Waals surface area (Å²) in [6.07, 6.45) is 4.10. The van der Waals surface area contributed by atoms with Gasteiger partial charge in [-0.1, -0.05) is 6.92 Å². The molecule has 0 spiro atoms. The standard InChI is InChI=1S/C13H19N3O/c1-9-6-11(7-9)15-10-4-5-14-12(8-10)13(17)16(2)3/h4-5,8-9,11H,6-7H2,1-3H3,(H,14,15). The third-order valence-electron chi connectivity index (χ3n) is 3.13. The summed E-state index contributed by atoms with van der Waals surface area (Å²) in [4.78, 5) is 17.4. The lowest BCUT2D eigenvalue weighted by atomic mass is 9.82. The molecule has 2 rings (SSSR count). The number of aromatic nitrogens is 1. The van der Waals surface area contributed by atoms with Crippen LogP contribution < -0.4 is 5.32 Å². The Bertz CT molecular complexity index is 411. The Hall–Kier alpha value is -1.58. The minimum absolute atomic E-state index is 0.0596. The SMILES string of the molecule is CC1CC(Nc2ccnc(C(=O)N(C)C)c2)C1. The fourth-order valence-electron chi connectivity index (χ4n) is 2.12. The van der Waals surface area contributed by atoms with Crippen molar-refractivity contribution in [2.24, 2.45) is 5.92 Å². The Balaban J connectivity index is 2.04. The number of hydrogen-bond acceptors (Lipinski definition) is 3. The zero-order valence-electron chi connectivity index (χ0n) is 10.6. The highest BCUT2D eigenvalue weighted by atomic mass is 16.2. The number of nitrogens with zero attached hydrogens (tertiary/aromatic N) is 2. The van der Waals surface area contributed by atoms with Crippen molar-refractivity contribution in [2.75, 3.05) is 19.4 Å². The van der Waals surface area contributed by atoms with Crippen LogP contribution in [0.25, 0.3) is 0 Å². The summed E-state index contributed by atoms with van der Waals surface area (Å²) in [5.41, 5.74) is 1.48. The first-order valence-corrected chi connectivity index (χ1v) is 6.00. The van der Waals surface area contributed by atoms with Crippen molar-refractivity contribution in [3.05, 3.63) is 24.0 Å². The molecule has 1 aliphatic rings. The van der Waals surface area contributed by atoms with Crippen molar-refractivity contribution in [3.8, 4) is 0 Å². The van der Waals surface area contributed by atoms with E-state index in [9.17, 15) is 4.79 Å². The van der Waals surface area contributed by atoms with Gasteiger partial charge in [-0.2, -0.15) is 0 Å². The van der Waals surface area contributed by atoms with E-state index < -0.39 is 0 Å². The number of hydrogen-bond donors (Lipinski definition) is 1. The molecule has 1 saturated carbocycles. The average Bonchev–Trinajstić information content (AvgIpc) is 2.26. The van der Waals surface area contributed by atoms with Gasteiger partial charge in [0.2, 0.25) is 0 Å². The Labute approximate surface area is 102 Å². The van der Waals surface area contributed by atoms with E-state index in [1.807, 2.05) is 12.1 Å². The summed E-state index contributed by atoms with van der Waals surface area (Å²) in [6, 6.07) is 4.29. The molecular formula is C13H19N3O. The maximum Gasteiger partial charge on any atom is 0.272 e. The van der Waals surface area contributed by atoms with Gasteiger partial charge in [-0.05, 0) is 30.9 Å². The fourth-order valence-corrected chi connectivity index (χ4v) is 2.12. The summed E-state index contributed by atoms with van der Waals surface area (Å²) < 4.78 is 0.